The third-order valence-electron chi connectivity index (χ3n) is 5.74. The number of methoxy groups -OCH3 is 1. The Bertz CT molecular complexity index is 567. The first-order valence-corrected chi connectivity index (χ1v) is 8.17. The minimum absolute atomic E-state index is 0.0149. The van der Waals surface area contributed by atoms with Crippen molar-refractivity contribution in [2.75, 3.05) is 13.7 Å². The first-order valence-electron chi connectivity index (χ1n) is 8.17. The Balaban J connectivity index is 1.77. The molecule has 0 aromatic rings. The van der Waals surface area contributed by atoms with Crippen LogP contribution in [-0.2, 0) is 19.0 Å². The van der Waals surface area contributed by atoms with Crippen LogP contribution in [0.1, 0.15) is 33.6 Å². The number of ether oxygens (including phenoxy) is 3. The maximum absolute atomic E-state index is 12.6. The molecule has 2 saturated heterocycles. The van der Waals surface area contributed by atoms with Gasteiger partial charge in [-0.3, -0.25) is 4.79 Å². The molecule has 4 nitrogen and oxygen atoms in total. The van der Waals surface area contributed by atoms with Crippen molar-refractivity contribution >= 4 is 5.78 Å². The van der Waals surface area contributed by atoms with Crippen molar-refractivity contribution < 1.29 is 32.2 Å². The molecule has 0 aromatic heterocycles. The van der Waals surface area contributed by atoms with Gasteiger partial charge in [0.2, 0.25) is 0 Å². The molecule has 3 fully saturated rings. The Kier molecular flexibility index (Phi) is 4.13. The molecule has 1 saturated carbocycles. The topological polar surface area (TPSA) is 51.4 Å². The fourth-order valence-corrected chi connectivity index (χ4v) is 4.16. The van der Waals surface area contributed by atoms with Crippen molar-refractivity contribution in [3.63, 3.8) is 0 Å². The van der Waals surface area contributed by atoms with Gasteiger partial charge < -0.3 is 14.2 Å². The molecule has 0 N–H and O–H groups in total. The summed E-state index contributed by atoms with van der Waals surface area (Å²) in [6.07, 6.45) is -3.39. The van der Waals surface area contributed by atoms with Crippen molar-refractivity contribution in [3.8, 4) is 0 Å². The van der Waals surface area contributed by atoms with Crippen molar-refractivity contribution in [1.29, 1.82) is 0 Å². The van der Waals surface area contributed by atoms with Crippen LogP contribution in [-0.4, -0.2) is 49.1 Å². The molecule has 1 aliphatic carbocycles. The van der Waals surface area contributed by atoms with E-state index < -0.39 is 29.1 Å². The molecule has 1 unspecified atom stereocenters. The molecule has 0 amide bonds. The van der Waals surface area contributed by atoms with E-state index in [1.165, 1.54) is 7.11 Å². The summed E-state index contributed by atoms with van der Waals surface area (Å²) < 4.78 is 54.8. The average Bonchev–Trinajstić information content (AvgIpc) is 3.38. The maximum atomic E-state index is 12.6. The number of halogens is 3. The Labute approximate surface area is 139 Å². The Morgan fingerprint density at radius 3 is 2.58 bits per heavy atom. The second-order valence-electron chi connectivity index (χ2n) is 7.41. The maximum Gasteiger partial charge on any atom is 0.412 e. The molecule has 24 heavy (non-hydrogen) atoms. The molecule has 3 rings (SSSR count). The number of carbonyl (C=O) groups is 1. The molecule has 1 spiro atoms. The second kappa shape index (κ2) is 5.54. The monoisotopic (exact) mass is 348 g/mol. The smallest absolute Gasteiger partial charge is 0.373 e. The number of rotatable bonds is 4. The van der Waals surface area contributed by atoms with Gasteiger partial charge in [0.05, 0.1) is 18.6 Å². The van der Waals surface area contributed by atoms with E-state index in [1.807, 2.05) is 13.8 Å². The summed E-state index contributed by atoms with van der Waals surface area (Å²) in [5, 5.41) is 0. The van der Waals surface area contributed by atoms with Gasteiger partial charge in [0, 0.05) is 18.6 Å². The Hall–Kier alpha value is -0.920. The minimum atomic E-state index is -4.32. The molecule has 0 bridgehead atoms. The van der Waals surface area contributed by atoms with Gasteiger partial charge in [-0.05, 0) is 26.7 Å². The van der Waals surface area contributed by atoms with Gasteiger partial charge in [-0.1, -0.05) is 13.0 Å². The van der Waals surface area contributed by atoms with Crippen LogP contribution in [0.25, 0.3) is 0 Å². The van der Waals surface area contributed by atoms with Gasteiger partial charge in [-0.25, -0.2) is 0 Å². The third kappa shape index (κ3) is 2.80. The lowest BCUT2D eigenvalue weighted by molar-refractivity contribution is -0.148. The molecule has 0 aromatic carbocycles. The minimum Gasteiger partial charge on any atom is -0.373 e. The van der Waals surface area contributed by atoms with E-state index >= 15 is 0 Å². The summed E-state index contributed by atoms with van der Waals surface area (Å²) in [6.45, 7) is 5.29. The predicted octanol–water partition coefficient (Wildman–Crippen LogP) is 3.05. The molecular formula is C17H23F3O4. The number of Topliss-reactive ketones (excluding diaryl/α,β-unsaturated/α-hetero) is 1. The van der Waals surface area contributed by atoms with Crippen LogP contribution < -0.4 is 0 Å². The second-order valence-corrected chi connectivity index (χ2v) is 7.41. The normalized spacial score (nSPS) is 45.6. The number of ketones is 1. The van der Waals surface area contributed by atoms with E-state index in [1.54, 1.807) is 0 Å². The van der Waals surface area contributed by atoms with Gasteiger partial charge >= 0.3 is 6.18 Å². The highest BCUT2D eigenvalue weighted by Gasteiger charge is 2.72. The SMILES string of the molecule is CO[C@@H]1C(=O)[C@@H](C)C[C@]2(CO2)[C@H]1C1(C)O[C@@H]1CC=C(C)C(F)(F)F. The van der Waals surface area contributed by atoms with Gasteiger partial charge in [0.1, 0.15) is 17.3 Å². The molecule has 2 aliphatic heterocycles. The van der Waals surface area contributed by atoms with Gasteiger partial charge in [-0.2, -0.15) is 13.2 Å². The van der Waals surface area contributed by atoms with Crippen LogP contribution in [0.15, 0.2) is 11.6 Å². The van der Waals surface area contributed by atoms with Crippen molar-refractivity contribution in [1.82, 2.24) is 0 Å². The van der Waals surface area contributed by atoms with Crippen LogP contribution in [0.4, 0.5) is 13.2 Å². The fourth-order valence-electron chi connectivity index (χ4n) is 4.16. The van der Waals surface area contributed by atoms with E-state index in [0.29, 0.717) is 13.0 Å². The van der Waals surface area contributed by atoms with Crippen molar-refractivity contribution in [2.24, 2.45) is 11.8 Å². The largest absolute Gasteiger partial charge is 0.412 e. The molecule has 0 radical (unpaired) electrons. The predicted molar refractivity (Wildman–Crippen MR) is 79.5 cm³/mol. The lowest BCUT2D eigenvalue weighted by Gasteiger charge is -2.40. The summed E-state index contributed by atoms with van der Waals surface area (Å²) in [7, 11) is 1.48. The number of hydrogen-bond acceptors (Lipinski definition) is 4. The van der Waals surface area contributed by atoms with Gasteiger partial charge in [-0.15, -0.1) is 0 Å². The van der Waals surface area contributed by atoms with Crippen LogP contribution in [0.5, 0.6) is 0 Å². The number of hydrogen-bond donors (Lipinski definition) is 0. The lowest BCUT2D eigenvalue weighted by Crippen LogP contribution is -2.55. The number of alkyl halides is 3. The summed E-state index contributed by atoms with van der Waals surface area (Å²) >= 11 is 0. The fraction of sp³-hybridized carbons (Fsp3) is 0.824. The zero-order valence-electron chi connectivity index (χ0n) is 14.3. The highest BCUT2D eigenvalue weighted by atomic mass is 19.4. The van der Waals surface area contributed by atoms with Crippen LogP contribution >= 0.6 is 0 Å². The molecule has 2 heterocycles. The molecule has 136 valence electrons. The quantitative estimate of drug-likeness (QED) is 0.579. The first kappa shape index (κ1) is 17.9. The van der Waals surface area contributed by atoms with Crippen molar-refractivity contribution in [2.45, 2.75) is 63.2 Å². The summed E-state index contributed by atoms with van der Waals surface area (Å²) in [5.74, 6) is -0.425. The summed E-state index contributed by atoms with van der Waals surface area (Å²) in [4.78, 5) is 12.5. The Morgan fingerprint density at radius 2 is 2.08 bits per heavy atom. The molecular weight excluding hydrogens is 325 g/mol. The Morgan fingerprint density at radius 1 is 1.46 bits per heavy atom. The van der Waals surface area contributed by atoms with E-state index in [2.05, 4.69) is 0 Å². The van der Waals surface area contributed by atoms with E-state index in [-0.39, 0.29) is 30.1 Å². The molecule has 6 atom stereocenters. The summed E-state index contributed by atoms with van der Waals surface area (Å²) in [6, 6.07) is 0. The lowest BCUT2D eigenvalue weighted by atomic mass is 9.66. The number of allylic oxidation sites excluding steroid dienone is 1. The van der Waals surface area contributed by atoms with Crippen molar-refractivity contribution in [3.05, 3.63) is 11.6 Å². The number of carbonyl (C=O) groups excluding carboxylic acids is 1. The van der Waals surface area contributed by atoms with Crippen LogP contribution in [0, 0.1) is 11.8 Å². The standard InChI is InChI=1S/C17H23F3O4/c1-9-7-16(8-23-16)14(13(22-4)12(9)21)15(3)11(24-15)6-5-10(2)17(18,19)20/h5,9,11,13-14H,6-8H2,1-4H3/t9-,11+,13+,14+,15?,16-/m0/s1. The van der Waals surface area contributed by atoms with Crippen LogP contribution in [0.2, 0.25) is 0 Å². The van der Waals surface area contributed by atoms with E-state index in [9.17, 15) is 18.0 Å². The van der Waals surface area contributed by atoms with Gasteiger partial charge in [0.25, 0.3) is 0 Å². The van der Waals surface area contributed by atoms with E-state index in [4.69, 9.17) is 14.2 Å². The molecule has 3 aliphatic rings. The van der Waals surface area contributed by atoms with Gasteiger partial charge in [0.15, 0.2) is 5.78 Å². The highest BCUT2D eigenvalue weighted by molar-refractivity contribution is 5.87. The van der Waals surface area contributed by atoms with E-state index in [0.717, 1.165) is 13.0 Å². The number of epoxide rings is 2. The molecule has 7 heteroatoms. The highest BCUT2D eigenvalue weighted by Crippen LogP contribution is 2.59. The summed E-state index contributed by atoms with van der Waals surface area (Å²) in [5.41, 5.74) is -1.77. The third-order valence-corrected chi connectivity index (χ3v) is 5.74. The average molecular weight is 348 g/mol. The van der Waals surface area contributed by atoms with Crippen LogP contribution in [0.3, 0.4) is 0 Å². The first-order chi connectivity index (χ1) is 11.0. The zero-order valence-corrected chi connectivity index (χ0v) is 14.3. The zero-order chi connectivity index (χ0) is 17.9.